The Kier molecular flexibility index (Phi) is 6.27. The summed E-state index contributed by atoms with van der Waals surface area (Å²) in [5, 5.41) is 12.8. The predicted molar refractivity (Wildman–Crippen MR) is 138 cm³/mol. The molecule has 1 saturated heterocycles. The van der Waals surface area contributed by atoms with Crippen LogP contribution in [-0.2, 0) is 17.1 Å². The molecule has 2 aromatic carbocycles. The molecule has 1 aliphatic heterocycles. The standard InChI is InChI=1S/C26H27F4N7O2S/c1-17-11-22-18(13-32-37(22)20-5-3-19(27)4-6-20)12-21(17)23-15-36(40(38,39)24-14-31-34(2)33-24)10-9-35(23)16-25(7-8-25)26(28,29)30/h3-6,11-14,23H,7-10,15-16H2,1-2H3/t23-/m0/s1. The van der Waals surface area contributed by atoms with Gasteiger partial charge in [-0.2, -0.15) is 32.5 Å². The second kappa shape index (κ2) is 9.35. The second-order valence-electron chi connectivity index (χ2n) is 10.6. The molecule has 0 unspecified atom stereocenters. The molecule has 1 atom stereocenters. The lowest BCUT2D eigenvalue weighted by Crippen LogP contribution is -2.53. The van der Waals surface area contributed by atoms with E-state index in [9.17, 15) is 26.0 Å². The zero-order chi connectivity index (χ0) is 28.4. The molecule has 0 N–H and O–H groups in total. The molecule has 40 heavy (non-hydrogen) atoms. The first-order valence-electron chi connectivity index (χ1n) is 12.8. The zero-order valence-electron chi connectivity index (χ0n) is 21.8. The molecule has 2 fully saturated rings. The summed E-state index contributed by atoms with van der Waals surface area (Å²) in [6.45, 7) is 1.78. The van der Waals surface area contributed by atoms with Gasteiger partial charge in [0.2, 0.25) is 5.03 Å². The first-order valence-corrected chi connectivity index (χ1v) is 14.2. The summed E-state index contributed by atoms with van der Waals surface area (Å²) < 4.78 is 85.1. The third kappa shape index (κ3) is 4.57. The van der Waals surface area contributed by atoms with Crippen LogP contribution < -0.4 is 0 Å². The first-order chi connectivity index (χ1) is 18.9. The third-order valence-corrected chi connectivity index (χ3v) is 9.71. The highest BCUT2D eigenvalue weighted by Crippen LogP contribution is 2.58. The average Bonchev–Trinajstić information content (AvgIpc) is 3.39. The van der Waals surface area contributed by atoms with Gasteiger partial charge in [0.1, 0.15) is 5.82 Å². The van der Waals surface area contributed by atoms with Gasteiger partial charge < -0.3 is 0 Å². The number of hydrogen-bond acceptors (Lipinski definition) is 6. The van der Waals surface area contributed by atoms with Crippen LogP contribution in [0.25, 0.3) is 16.6 Å². The predicted octanol–water partition coefficient (Wildman–Crippen LogP) is 3.99. The largest absolute Gasteiger partial charge is 0.395 e. The molecule has 212 valence electrons. The number of piperazine rings is 1. The van der Waals surface area contributed by atoms with E-state index < -0.39 is 27.7 Å². The van der Waals surface area contributed by atoms with E-state index in [4.69, 9.17) is 0 Å². The fourth-order valence-corrected chi connectivity index (χ4v) is 6.82. The van der Waals surface area contributed by atoms with Gasteiger partial charge in [0, 0.05) is 44.7 Å². The van der Waals surface area contributed by atoms with Gasteiger partial charge in [-0.05, 0) is 67.3 Å². The van der Waals surface area contributed by atoms with Gasteiger partial charge >= 0.3 is 6.18 Å². The maximum absolute atomic E-state index is 14.0. The molecule has 2 aromatic heterocycles. The van der Waals surface area contributed by atoms with Crippen LogP contribution in [-0.4, -0.2) is 74.8 Å². The second-order valence-corrected chi connectivity index (χ2v) is 12.5. The van der Waals surface area contributed by atoms with Crippen LogP contribution in [0.15, 0.2) is 53.8 Å². The van der Waals surface area contributed by atoms with Crippen molar-refractivity contribution >= 4 is 20.9 Å². The van der Waals surface area contributed by atoms with Crippen molar-refractivity contribution in [1.82, 2.24) is 34.0 Å². The molecule has 6 rings (SSSR count). The third-order valence-electron chi connectivity index (χ3n) is 7.98. The van der Waals surface area contributed by atoms with Crippen LogP contribution in [0.4, 0.5) is 17.6 Å². The minimum Gasteiger partial charge on any atom is -0.293 e. The van der Waals surface area contributed by atoms with Gasteiger partial charge in [-0.1, -0.05) is 0 Å². The number of alkyl halides is 3. The lowest BCUT2D eigenvalue weighted by atomic mass is 9.94. The van der Waals surface area contributed by atoms with Crippen molar-refractivity contribution in [2.45, 2.75) is 37.0 Å². The lowest BCUT2D eigenvalue weighted by molar-refractivity contribution is -0.194. The minimum atomic E-state index is -4.34. The summed E-state index contributed by atoms with van der Waals surface area (Å²) >= 11 is 0. The number of aryl methyl sites for hydroxylation is 2. The number of fused-ring (bicyclic) bond motifs is 1. The highest BCUT2D eigenvalue weighted by Gasteiger charge is 2.64. The van der Waals surface area contributed by atoms with E-state index in [2.05, 4.69) is 15.3 Å². The SMILES string of the molecule is Cc1cc2c(cnn2-c2ccc(F)cc2)cc1[C@@H]1CN(S(=O)(=O)c2cnn(C)n2)CCN1CC1(C(F)(F)F)CC1. The molecule has 0 bridgehead atoms. The number of nitrogens with zero attached hydrogens (tertiary/aromatic N) is 7. The number of hydrogen-bond donors (Lipinski definition) is 0. The summed E-state index contributed by atoms with van der Waals surface area (Å²) in [7, 11) is -2.50. The smallest absolute Gasteiger partial charge is 0.293 e. The van der Waals surface area contributed by atoms with E-state index in [0.29, 0.717) is 5.69 Å². The van der Waals surface area contributed by atoms with E-state index in [-0.39, 0.29) is 49.9 Å². The van der Waals surface area contributed by atoms with E-state index in [1.807, 2.05) is 19.1 Å². The Labute approximate surface area is 228 Å². The lowest BCUT2D eigenvalue weighted by Gasteiger charge is -2.43. The van der Waals surface area contributed by atoms with Crippen LogP contribution in [0, 0.1) is 18.2 Å². The Morgan fingerprint density at radius 3 is 2.40 bits per heavy atom. The molecule has 9 nitrogen and oxygen atoms in total. The Bertz CT molecular complexity index is 1680. The molecule has 4 aromatic rings. The normalized spacial score (nSPS) is 20.3. The van der Waals surface area contributed by atoms with Gasteiger partial charge in [0.15, 0.2) is 0 Å². The molecule has 0 spiro atoms. The maximum Gasteiger partial charge on any atom is 0.395 e. The van der Waals surface area contributed by atoms with Crippen molar-refractivity contribution in [2.24, 2.45) is 12.5 Å². The maximum atomic E-state index is 14.0. The highest BCUT2D eigenvalue weighted by atomic mass is 32.2. The first kappa shape index (κ1) is 26.8. The van der Waals surface area contributed by atoms with Gasteiger partial charge in [0.25, 0.3) is 10.0 Å². The molecule has 1 saturated carbocycles. The molecular weight excluding hydrogens is 550 g/mol. The molecule has 1 aliphatic carbocycles. The molecule has 14 heteroatoms. The topological polar surface area (TPSA) is 89.2 Å². The monoisotopic (exact) mass is 577 g/mol. The van der Waals surface area contributed by atoms with E-state index in [0.717, 1.165) is 26.8 Å². The van der Waals surface area contributed by atoms with Crippen LogP contribution in [0.3, 0.4) is 0 Å². The van der Waals surface area contributed by atoms with Crippen LogP contribution in [0.2, 0.25) is 0 Å². The quantitative estimate of drug-likeness (QED) is 0.322. The Morgan fingerprint density at radius 2 is 1.77 bits per heavy atom. The Morgan fingerprint density at radius 1 is 1.05 bits per heavy atom. The van der Waals surface area contributed by atoms with Crippen LogP contribution in [0.5, 0.6) is 0 Å². The number of halogens is 4. The van der Waals surface area contributed by atoms with Crippen molar-refractivity contribution in [3.8, 4) is 5.69 Å². The van der Waals surface area contributed by atoms with E-state index in [1.165, 1.54) is 29.7 Å². The number of aromatic nitrogens is 5. The van der Waals surface area contributed by atoms with E-state index in [1.54, 1.807) is 27.9 Å². The molecule has 3 heterocycles. The van der Waals surface area contributed by atoms with Crippen LogP contribution in [0.1, 0.15) is 30.0 Å². The van der Waals surface area contributed by atoms with Gasteiger partial charge in [-0.25, -0.2) is 17.5 Å². The number of sulfonamides is 1. The fourth-order valence-electron chi connectivity index (χ4n) is 5.49. The van der Waals surface area contributed by atoms with Gasteiger partial charge in [0.05, 0.1) is 29.0 Å². The Balaban J connectivity index is 1.39. The summed E-state index contributed by atoms with van der Waals surface area (Å²) in [6.07, 6.45) is -1.41. The van der Waals surface area contributed by atoms with E-state index >= 15 is 0 Å². The summed E-state index contributed by atoms with van der Waals surface area (Å²) in [4.78, 5) is 2.92. The molecule has 2 aliphatic rings. The summed E-state index contributed by atoms with van der Waals surface area (Å²) in [5.74, 6) is -0.371. The van der Waals surface area contributed by atoms with Crippen molar-refractivity contribution in [3.63, 3.8) is 0 Å². The number of rotatable bonds is 6. The summed E-state index contributed by atoms with van der Waals surface area (Å²) in [5.41, 5.74) is 1.13. The molecule has 0 radical (unpaired) electrons. The molecular formula is C26H27F4N7O2S. The van der Waals surface area contributed by atoms with Crippen LogP contribution >= 0.6 is 0 Å². The number of benzene rings is 2. The highest BCUT2D eigenvalue weighted by molar-refractivity contribution is 7.89. The fraction of sp³-hybridized carbons (Fsp3) is 0.423. The average molecular weight is 578 g/mol. The Hall–Kier alpha value is -3.36. The van der Waals surface area contributed by atoms with Crippen molar-refractivity contribution < 1.29 is 26.0 Å². The van der Waals surface area contributed by atoms with Crippen molar-refractivity contribution in [2.75, 3.05) is 26.2 Å². The van der Waals surface area contributed by atoms with Crippen molar-refractivity contribution in [3.05, 3.63) is 65.7 Å². The summed E-state index contributed by atoms with van der Waals surface area (Å²) in [6, 6.07) is 9.01. The van der Waals surface area contributed by atoms with Gasteiger partial charge in [-0.3, -0.25) is 4.90 Å². The molecule has 0 amide bonds. The van der Waals surface area contributed by atoms with Gasteiger partial charge in [-0.15, -0.1) is 5.10 Å². The van der Waals surface area contributed by atoms with Crippen molar-refractivity contribution in [1.29, 1.82) is 0 Å². The minimum absolute atomic E-state index is 0.0349. The zero-order valence-corrected chi connectivity index (χ0v) is 22.6.